The third kappa shape index (κ3) is 3.07. The van der Waals surface area contributed by atoms with Crippen LogP contribution in [0.5, 0.6) is 0 Å². The monoisotopic (exact) mass is 380 g/mol. The maximum Gasteiger partial charge on any atom is 0.184 e. The summed E-state index contributed by atoms with van der Waals surface area (Å²) in [5.41, 5.74) is 1.18. The molecule has 0 atom stereocenters. The highest BCUT2D eigenvalue weighted by Gasteiger charge is 2.32. The summed E-state index contributed by atoms with van der Waals surface area (Å²) < 4.78 is 24.9. The highest BCUT2D eigenvalue weighted by molar-refractivity contribution is 14.1. The van der Waals surface area contributed by atoms with Crippen molar-refractivity contribution in [3.63, 3.8) is 0 Å². The topological polar surface area (TPSA) is 34.1 Å². The molecule has 1 aromatic rings. The van der Waals surface area contributed by atoms with Crippen molar-refractivity contribution in [3.05, 3.63) is 27.3 Å². The van der Waals surface area contributed by atoms with Crippen molar-refractivity contribution in [3.8, 4) is 0 Å². The second-order valence-corrected chi connectivity index (χ2v) is 10.3. The maximum atomic E-state index is 12.4. The molecule has 0 fully saturated rings. The molecule has 4 heteroatoms. The van der Waals surface area contributed by atoms with E-state index in [0.717, 1.165) is 9.13 Å². The highest BCUT2D eigenvalue weighted by atomic mass is 127. The van der Waals surface area contributed by atoms with E-state index in [1.54, 1.807) is 26.8 Å². The van der Waals surface area contributed by atoms with Crippen LogP contribution in [0.4, 0.5) is 0 Å². The van der Waals surface area contributed by atoms with E-state index in [4.69, 9.17) is 0 Å². The Bertz CT molecular complexity index is 546. The summed E-state index contributed by atoms with van der Waals surface area (Å²) >= 11 is 2.11. The Balaban J connectivity index is 3.41. The minimum absolute atomic E-state index is 0.0317. The van der Waals surface area contributed by atoms with Gasteiger partial charge >= 0.3 is 0 Å². The fourth-order valence-electron chi connectivity index (χ4n) is 1.52. The van der Waals surface area contributed by atoms with Crippen LogP contribution in [0.25, 0.3) is 0 Å². The number of hydrogen-bond acceptors (Lipinski definition) is 2. The molecule has 0 bridgehead atoms. The highest BCUT2D eigenvalue weighted by Crippen LogP contribution is 2.32. The van der Waals surface area contributed by atoms with Gasteiger partial charge in [-0.3, -0.25) is 0 Å². The Kier molecular flexibility index (Phi) is 4.24. The van der Waals surface area contributed by atoms with Crippen molar-refractivity contribution in [2.45, 2.75) is 56.6 Å². The molecule has 0 radical (unpaired) electrons. The summed E-state index contributed by atoms with van der Waals surface area (Å²) in [4.78, 5) is 0.434. The number of hydrogen-bond donors (Lipinski definition) is 0. The molecule has 1 aromatic carbocycles. The minimum atomic E-state index is -3.28. The molecule has 1 rings (SSSR count). The molecule has 2 nitrogen and oxygen atoms in total. The summed E-state index contributed by atoms with van der Waals surface area (Å²) in [5.74, 6) is 0. The molecule has 0 spiro atoms. The van der Waals surface area contributed by atoms with Gasteiger partial charge in [-0.2, -0.15) is 0 Å². The van der Waals surface area contributed by atoms with Gasteiger partial charge in [0.25, 0.3) is 0 Å². The van der Waals surface area contributed by atoms with E-state index in [1.807, 2.05) is 12.1 Å². The van der Waals surface area contributed by atoms with Gasteiger partial charge in [-0.05, 0) is 66.5 Å². The van der Waals surface area contributed by atoms with E-state index < -0.39 is 14.6 Å². The molecule has 0 amide bonds. The number of sulfone groups is 1. The molecular weight excluding hydrogens is 359 g/mol. The van der Waals surface area contributed by atoms with Crippen molar-refractivity contribution in [1.29, 1.82) is 0 Å². The second kappa shape index (κ2) is 4.78. The molecule has 0 aliphatic carbocycles. The van der Waals surface area contributed by atoms with Crippen molar-refractivity contribution in [1.82, 2.24) is 0 Å². The van der Waals surface area contributed by atoms with Crippen LogP contribution >= 0.6 is 22.6 Å². The first-order valence-electron chi connectivity index (χ1n) is 5.92. The lowest BCUT2D eigenvalue weighted by Crippen LogP contribution is -2.28. The Morgan fingerprint density at radius 2 is 1.50 bits per heavy atom. The third-order valence-corrected chi connectivity index (χ3v) is 6.70. The van der Waals surface area contributed by atoms with E-state index in [2.05, 4.69) is 43.4 Å². The van der Waals surface area contributed by atoms with Gasteiger partial charge < -0.3 is 0 Å². The summed E-state index contributed by atoms with van der Waals surface area (Å²) in [5, 5.41) is 0. The molecule has 102 valence electrons. The first-order chi connectivity index (χ1) is 7.87. The molecule has 0 unspecified atom stereocenters. The second-order valence-electron chi connectivity index (χ2n) is 6.51. The van der Waals surface area contributed by atoms with E-state index in [0.29, 0.717) is 4.90 Å². The summed E-state index contributed by atoms with van der Waals surface area (Å²) in [6, 6.07) is 5.63. The van der Waals surface area contributed by atoms with E-state index in [1.165, 1.54) is 0 Å². The van der Waals surface area contributed by atoms with E-state index >= 15 is 0 Å². The van der Waals surface area contributed by atoms with Crippen molar-refractivity contribution >= 4 is 32.4 Å². The van der Waals surface area contributed by atoms with Crippen LogP contribution < -0.4 is 0 Å². The lowest BCUT2D eigenvalue weighted by molar-refractivity contribution is 0.558. The number of rotatable bonds is 1. The number of halogens is 1. The van der Waals surface area contributed by atoms with Gasteiger partial charge in [-0.1, -0.05) is 26.8 Å². The van der Waals surface area contributed by atoms with Crippen LogP contribution in [0.15, 0.2) is 23.1 Å². The van der Waals surface area contributed by atoms with Gasteiger partial charge in [0.2, 0.25) is 0 Å². The van der Waals surface area contributed by atoms with Crippen LogP contribution in [0.2, 0.25) is 0 Å². The van der Waals surface area contributed by atoms with Crippen molar-refractivity contribution in [2.24, 2.45) is 0 Å². The lowest BCUT2D eigenvalue weighted by atomic mass is 9.87. The summed E-state index contributed by atoms with van der Waals surface area (Å²) in [6.45, 7) is 11.6. The van der Waals surface area contributed by atoms with Gasteiger partial charge in [0.15, 0.2) is 9.84 Å². The molecule has 0 heterocycles. The molecule has 0 aliphatic heterocycles. The zero-order valence-corrected chi connectivity index (χ0v) is 14.8. The van der Waals surface area contributed by atoms with Gasteiger partial charge in [-0.15, -0.1) is 0 Å². The van der Waals surface area contributed by atoms with Crippen molar-refractivity contribution < 1.29 is 8.42 Å². The molecule has 0 aliphatic rings. The SMILES string of the molecule is CC(C)(C)c1ccc(S(=O)(=O)C(C)(C)C)c(I)c1. The summed E-state index contributed by atoms with van der Waals surface area (Å²) in [6.07, 6.45) is 0. The Labute approximate surface area is 124 Å². The molecule has 0 saturated heterocycles. The predicted molar refractivity (Wildman–Crippen MR) is 84.8 cm³/mol. The minimum Gasteiger partial charge on any atom is -0.223 e. The first kappa shape index (κ1) is 16.0. The number of benzene rings is 1. The smallest absolute Gasteiger partial charge is 0.184 e. The lowest BCUT2D eigenvalue weighted by Gasteiger charge is -2.23. The Hall–Kier alpha value is -0.100. The van der Waals surface area contributed by atoms with Crippen LogP contribution in [0.1, 0.15) is 47.1 Å². The standard InChI is InChI=1S/C14H21IO2S/c1-13(2,3)10-7-8-12(11(15)9-10)18(16,17)14(4,5)6/h7-9H,1-6H3. The van der Waals surface area contributed by atoms with Crippen molar-refractivity contribution in [2.75, 3.05) is 0 Å². The predicted octanol–water partition coefficient (Wildman–Crippen LogP) is 4.16. The van der Waals surface area contributed by atoms with Crippen LogP contribution in [-0.2, 0) is 15.3 Å². The molecule has 0 aromatic heterocycles. The average molecular weight is 380 g/mol. The summed E-state index contributed by atoms with van der Waals surface area (Å²) in [7, 11) is -3.28. The van der Waals surface area contributed by atoms with Gasteiger partial charge in [0.1, 0.15) is 0 Å². The van der Waals surface area contributed by atoms with Gasteiger partial charge in [-0.25, -0.2) is 8.42 Å². The van der Waals surface area contributed by atoms with Gasteiger partial charge in [0, 0.05) is 3.57 Å². The fourth-order valence-corrected chi connectivity index (χ4v) is 4.12. The van der Waals surface area contributed by atoms with Gasteiger partial charge in [0.05, 0.1) is 9.64 Å². The third-order valence-electron chi connectivity index (χ3n) is 2.89. The zero-order chi connectivity index (χ0) is 14.4. The molecule has 0 saturated carbocycles. The Morgan fingerprint density at radius 3 is 1.83 bits per heavy atom. The zero-order valence-electron chi connectivity index (χ0n) is 11.8. The van der Waals surface area contributed by atoms with Crippen LogP contribution in [0.3, 0.4) is 0 Å². The van der Waals surface area contributed by atoms with Crippen LogP contribution in [0, 0.1) is 3.57 Å². The largest absolute Gasteiger partial charge is 0.223 e. The molecule has 18 heavy (non-hydrogen) atoms. The molecular formula is C14H21IO2S. The fraction of sp³-hybridized carbons (Fsp3) is 0.571. The average Bonchev–Trinajstić information content (AvgIpc) is 2.13. The normalized spacial score (nSPS) is 13.7. The maximum absolute atomic E-state index is 12.4. The van der Waals surface area contributed by atoms with E-state index in [9.17, 15) is 8.42 Å². The first-order valence-corrected chi connectivity index (χ1v) is 8.48. The van der Waals surface area contributed by atoms with Crippen LogP contribution in [-0.4, -0.2) is 13.2 Å². The quantitative estimate of drug-likeness (QED) is 0.686. The molecule has 0 N–H and O–H groups in total. The Morgan fingerprint density at radius 1 is 1.00 bits per heavy atom. The van der Waals surface area contributed by atoms with E-state index in [-0.39, 0.29) is 5.41 Å².